The van der Waals surface area contributed by atoms with Crippen LogP contribution in [0.25, 0.3) is 0 Å². The smallest absolute Gasteiger partial charge is 0.271 e. The minimum atomic E-state index is -0.600. The zero-order valence-corrected chi connectivity index (χ0v) is 11.4. The molecule has 1 atom stereocenters. The number of halogens is 1. The van der Waals surface area contributed by atoms with Crippen molar-refractivity contribution < 1.29 is 14.1 Å². The van der Waals surface area contributed by atoms with Gasteiger partial charge < -0.3 is 15.4 Å². The first kappa shape index (κ1) is 14.6. The number of nitro benzene ring substituents is 1. The van der Waals surface area contributed by atoms with Crippen LogP contribution in [0.1, 0.15) is 12.8 Å². The lowest BCUT2D eigenvalue weighted by Crippen LogP contribution is -2.35. The molecule has 20 heavy (non-hydrogen) atoms. The summed E-state index contributed by atoms with van der Waals surface area (Å²) < 4.78 is 19.0. The van der Waals surface area contributed by atoms with Crippen LogP contribution in [0.15, 0.2) is 18.2 Å². The maximum absolute atomic E-state index is 13.5. The third-order valence-electron chi connectivity index (χ3n) is 2.92. The molecule has 1 aromatic carbocycles. The number of hydrogen-bond acceptors (Lipinski definition) is 4. The third-order valence-corrected chi connectivity index (χ3v) is 3.17. The fourth-order valence-corrected chi connectivity index (χ4v) is 2.09. The van der Waals surface area contributed by atoms with E-state index in [1.165, 1.54) is 0 Å². The van der Waals surface area contributed by atoms with Crippen LogP contribution in [-0.4, -0.2) is 29.3 Å². The molecule has 108 valence electrons. The monoisotopic (exact) mass is 299 g/mol. The number of ether oxygens (including phenoxy) is 1. The first-order chi connectivity index (χ1) is 9.56. The molecule has 1 fully saturated rings. The summed E-state index contributed by atoms with van der Waals surface area (Å²) >= 11 is 5.02. The number of benzene rings is 1. The Labute approximate surface area is 120 Å². The first-order valence-corrected chi connectivity index (χ1v) is 6.57. The molecular formula is C12H14FN3O3S. The molecule has 0 bridgehead atoms. The zero-order chi connectivity index (χ0) is 14.5. The van der Waals surface area contributed by atoms with Gasteiger partial charge in [-0.25, -0.2) is 4.39 Å². The molecular weight excluding hydrogens is 285 g/mol. The Balaban J connectivity index is 1.92. The molecule has 1 aliphatic heterocycles. The molecule has 2 rings (SSSR count). The van der Waals surface area contributed by atoms with E-state index in [0.29, 0.717) is 6.54 Å². The molecule has 2 N–H and O–H groups in total. The van der Waals surface area contributed by atoms with Crippen LogP contribution >= 0.6 is 12.2 Å². The molecule has 1 aromatic rings. The Morgan fingerprint density at radius 2 is 2.40 bits per heavy atom. The maximum Gasteiger partial charge on any atom is 0.271 e. The summed E-state index contributed by atoms with van der Waals surface area (Å²) in [6.07, 6.45) is 2.08. The van der Waals surface area contributed by atoms with Gasteiger partial charge in [0.2, 0.25) is 0 Å². The quantitative estimate of drug-likeness (QED) is 0.504. The van der Waals surface area contributed by atoms with Crippen molar-refractivity contribution in [2.24, 2.45) is 0 Å². The van der Waals surface area contributed by atoms with E-state index in [1.807, 2.05) is 0 Å². The lowest BCUT2D eigenvalue weighted by atomic mass is 10.2. The van der Waals surface area contributed by atoms with Gasteiger partial charge in [0, 0.05) is 25.3 Å². The molecule has 1 heterocycles. The van der Waals surface area contributed by atoms with E-state index in [2.05, 4.69) is 10.6 Å². The van der Waals surface area contributed by atoms with E-state index in [1.54, 1.807) is 0 Å². The topological polar surface area (TPSA) is 76.4 Å². The van der Waals surface area contributed by atoms with Crippen molar-refractivity contribution in [3.05, 3.63) is 34.1 Å². The number of thiocarbonyl (C=S) groups is 1. The number of hydrogen-bond donors (Lipinski definition) is 2. The number of non-ortho nitro benzene ring substituents is 1. The Morgan fingerprint density at radius 3 is 3.05 bits per heavy atom. The van der Waals surface area contributed by atoms with Gasteiger partial charge in [-0.1, -0.05) is 0 Å². The van der Waals surface area contributed by atoms with Crippen molar-refractivity contribution in [1.29, 1.82) is 0 Å². The third kappa shape index (κ3) is 3.84. The van der Waals surface area contributed by atoms with E-state index in [0.717, 1.165) is 37.6 Å². The van der Waals surface area contributed by atoms with Gasteiger partial charge in [0.05, 0.1) is 16.7 Å². The number of rotatable bonds is 4. The molecule has 0 aliphatic carbocycles. The summed E-state index contributed by atoms with van der Waals surface area (Å²) in [5.74, 6) is -0.600. The first-order valence-electron chi connectivity index (χ1n) is 6.16. The molecule has 0 aromatic heterocycles. The molecule has 8 heteroatoms. The number of nitro groups is 1. The largest absolute Gasteiger partial charge is 0.376 e. The molecule has 1 unspecified atom stereocenters. The number of anilines is 1. The molecule has 1 saturated heterocycles. The fraction of sp³-hybridized carbons (Fsp3) is 0.417. The van der Waals surface area contributed by atoms with Gasteiger partial charge in [0.25, 0.3) is 5.69 Å². The summed E-state index contributed by atoms with van der Waals surface area (Å²) in [5.41, 5.74) is -0.222. The van der Waals surface area contributed by atoms with Gasteiger partial charge in [0.15, 0.2) is 5.11 Å². The van der Waals surface area contributed by atoms with E-state index < -0.39 is 10.7 Å². The van der Waals surface area contributed by atoms with Crippen LogP contribution in [0.3, 0.4) is 0 Å². The average Bonchev–Trinajstić information content (AvgIpc) is 2.92. The van der Waals surface area contributed by atoms with Crippen LogP contribution in [0.2, 0.25) is 0 Å². The highest BCUT2D eigenvalue weighted by molar-refractivity contribution is 7.80. The molecule has 1 aliphatic rings. The molecule has 6 nitrogen and oxygen atoms in total. The molecule has 0 amide bonds. The zero-order valence-electron chi connectivity index (χ0n) is 10.6. The van der Waals surface area contributed by atoms with E-state index in [9.17, 15) is 14.5 Å². The van der Waals surface area contributed by atoms with Crippen molar-refractivity contribution >= 4 is 28.7 Å². The van der Waals surface area contributed by atoms with Crippen molar-refractivity contribution in [1.82, 2.24) is 5.32 Å². The highest BCUT2D eigenvalue weighted by Gasteiger charge is 2.16. The van der Waals surface area contributed by atoms with Gasteiger partial charge in [-0.2, -0.15) is 0 Å². The maximum atomic E-state index is 13.5. The minimum Gasteiger partial charge on any atom is -0.376 e. The van der Waals surface area contributed by atoms with E-state index >= 15 is 0 Å². The van der Waals surface area contributed by atoms with Gasteiger partial charge in [0.1, 0.15) is 5.82 Å². The van der Waals surface area contributed by atoms with Crippen molar-refractivity contribution in [2.75, 3.05) is 18.5 Å². The lowest BCUT2D eigenvalue weighted by molar-refractivity contribution is -0.384. The van der Waals surface area contributed by atoms with Crippen LogP contribution in [0, 0.1) is 15.9 Å². The van der Waals surface area contributed by atoms with Crippen molar-refractivity contribution in [3.63, 3.8) is 0 Å². The normalized spacial score (nSPS) is 17.8. The van der Waals surface area contributed by atoms with E-state index in [4.69, 9.17) is 17.0 Å². The predicted octanol–water partition coefficient (Wildman–Crippen LogP) is 2.20. The highest BCUT2D eigenvalue weighted by atomic mass is 32.1. The van der Waals surface area contributed by atoms with Crippen LogP contribution in [0.5, 0.6) is 0 Å². The van der Waals surface area contributed by atoms with Gasteiger partial charge in [-0.3, -0.25) is 10.1 Å². The van der Waals surface area contributed by atoms with Gasteiger partial charge >= 0.3 is 0 Å². The van der Waals surface area contributed by atoms with Gasteiger partial charge in [-0.05, 0) is 31.1 Å². The number of nitrogens with one attached hydrogen (secondary N) is 2. The van der Waals surface area contributed by atoms with E-state index in [-0.39, 0.29) is 22.6 Å². The Morgan fingerprint density at radius 1 is 1.60 bits per heavy atom. The lowest BCUT2D eigenvalue weighted by Gasteiger charge is -2.14. The average molecular weight is 299 g/mol. The second-order valence-corrected chi connectivity index (χ2v) is 4.80. The fourth-order valence-electron chi connectivity index (χ4n) is 1.90. The predicted molar refractivity (Wildman–Crippen MR) is 76.3 cm³/mol. The molecule has 0 radical (unpaired) electrons. The van der Waals surface area contributed by atoms with Crippen LogP contribution < -0.4 is 10.6 Å². The Bertz CT molecular complexity index is 521. The summed E-state index contributed by atoms with van der Waals surface area (Å²) in [6.45, 7) is 1.27. The van der Waals surface area contributed by atoms with Crippen molar-refractivity contribution in [3.8, 4) is 0 Å². The van der Waals surface area contributed by atoms with Crippen molar-refractivity contribution in [2.45, 2.75) is 18.9 Å². The minimum absolute atomic E-state index is 0.0240. The Kier molecular flexibility index (Phi) is 4.80. The summed E-state index contributed by atoms with van der Waals surface area (Å²) in [4.78, 5) is 10.1. The van der Waals surface area contributed by atoms with Gasteiger partial charge in [-0.15, -0.1) is 0 Å². The number of nitrogens with zero attached hydrogens (tertiary/aromatic N) is 1. The molecule has 0 spiro atoms. The molecule has 0 saturated carbocycles. The highest BCUT2D eigenvalue weighted by Crippen LogP contribution is 2.21. The SMILES string of the molecule is O=[N+]([O-])c1ccc(F)c(NC(=S)NCC2CCCO2)c1. The second kappa shape index (κ2) is 6.58. The standard InChI is InChI=1S/C12H14FN3O3S/c13-10-4-3-8(16(17)18)6-11(10)15-12(20)14-7-9-2-1-5-19-9/h3-4,6,9H,1-2,5,7H2,(H2,14,15,20). The van der Waals surface area contributed by atoms with Crippen LogP contribution in [-0.2, 0) is 4.74 Å². The Hall–Kier alpha value is -1.80. The summed E-state index contributed by atoms with van der Waals surface area (Å²) in [5, 5.41) is 16.4. The second-order valence-electron chi connectivity index (χ2n) is 4.39. The van der Waals surface area contributed by atoms with Crippen LogP contribution in [0.4, 0.5) is 15.8 Å². The summed E-state index contributed by atoms with van der Waals surface area (Å²) in [6, 6.07) is 3.24. The summed E-state index contributed by atoms with van der Waals surface area (Å²) in [7, 11) is 0.